The van der Waals surface area contributed by atoms with E-state index in [9.17, 15) is 22.8 Å². The van der Waals surface area contributed by atoms with Crippen LogP contribution >= 0.6 is 27.3 Å². The summed E-state index contributed by atoms with van der Waals surface area (Å²) in [5.74, 6) is -0.893. The Labute approximate surface area is 178 Å². The van der Waals surface area contributed by atoms with Crippen molar-refractivity contribution in [3.05, 3.63) is 44.6 Å². The van der Waals surface area contributed by atoms with Crippen LogP contribution in [0.4, 0.5) is 24.5 Å². The molecule has 156 valence electrons. The summed E-state index contributed by atoms with van der Waals surface area (Å²) in [6.45, 7) is 1.17. The number of amides is 2. The minimum Gasteiger partial charge on any atom is -0.370 e. The van der Waals surface area contributed by atoms with Gasteiger partial charge < -0.3 is 15.1 Å². The van der Waals surface area contributed by atoms with Gasteiger partial charge in [-0.2, -0.15) is 13.2 Å². The summed E-state index contributed by atoms with van der Waals surface area (Å²) in [6.07, 6.45) is -2.62. The molecule has 2 heterocycles. The van der Waals surface area contributed by atoms with Crippen molar-refractivity contribution in [2.24, 2.45) is 0 Å². The van der Waals surface area contributed by atoms with Crippen LogP contribution in [0.1, 0.15) is 28.1 Å². The van der Waals surface area contributed by atoms with Crippen molar-refractivity contribution in [1.29, 1.82) is 0 Å². The highest BCUT2D eigenvalue weighted by molar-refractivity contribution is 9.11. The molecular weight excluding hydrogens is 471 g/mol. The van der Waals surface area contributed by atoms with E-state index in [1.54, 1.807) is 12.1 Å². The highest BCUT2D eigenvalue weighted by Crippen LogP contribution is 2.36. The molecule has 0 spiro atoms. The number of carbonyl (C=O) groups excluding carboxylic acids is 2. The summed E-state index contributed by atoms with van der Waals surface area (Å²) >= 11 is 4.52. The second kappa shape index (κ2) is 8.74. The maximum Gasteiger partial charge on any atom is 0.416 e. The number of hydrogen-bond acceptors (Lipinski definition) is 4. The predicted octanol–water partition coefficient (Wildman–Crippen LogP) is 4.84. The number of nitrogens with one attached hydrogen (secondary N) is 1. The highest BCUT2D eigenvalue weighted by atomic mass is 79.9. The van der Waals surface area contributed by atoms with Crippen LogP contribution in [0.15, 0.2) is 34.1 Å². The molecule has 3 rings (SSSR count). The smallest absolute Gasteiger partial charge is 0.370 e. The maximum absolute atomic E-state index is 13.1. The van der Waals surface area contributed by atoms with Crippen LogP contribution < -0.4 is 10.2 Å². The van der Waals surface area contributed by atoms with Gasteiger partial charge in [0.25, 0.3) is 5.91 Å². The standard InChI is InChI=1S/C19H19BrF3N3O2S/c1-25(18(28)15-6-7-16(20)29-15)11-17(27)24-13-10-12(19(21,22)23)4-5-14(13)26-8-2-3-9-26/h4-7,10H,2-3,8-9,11H2,1H3,(H,24,27). The van der Waals surface area contributed by atoms with Crippen LogP contribution in [-0.2, 0) is 11.0 Å². The van der Waals surface area contributed by atoms with Crippen molar-refractivity contribution in [2.75, 3.05) is 36.9 Å². The van der Waals surface area contributed by atoms with Crippen molar-refractivity contribution in [1.82, 2.24) is 4.90 Å². The van der Waals surface area contributed by atoms with Gasteiger partial charge in [0, 0.05) is 20.1 Å². The molecule has 0 atom stereocenters. The molecule has 1 fully saturated rings. The molecule has 0 radical (unpaired) electrons. The first-order valence-corrected chi connectivity index (χ1v) is 10.5. The lowest BCUT2D eigenvalue weighted by molar-refractivity contribution is -0.137. The summed E-state index contributed by atoms with van der Waals surface area (Å²) < 4.78 is 40.2. The van der Waals surface area contributed by atoms with Gasteiger partial charge in [-0.15, -0.1) is 11.3 Å². The molecule has 1 aliphatic rings. The number of hydrogen-bond donors (Lipinski definition) is 1. The number of likely N-dealkylation sites (N-methyl/N-ethyl adjacent to an activating group) is 1. The number of halogens is 4. The zero-order valence-electron chi connectivity index (χ0n) is 15.6. The Morgan fingerprint density at radius 2 is 1.90 bits per heavy atom. The van der Waals surface area contributed by atoms with E-state index in [1.165, 1.54) is 29.4 Å². The van der Waals surface area contributed by atoms with Crippen LogP contribution in [0.25, 0.3) is 0 Å². The number of rotatable bonds is 5. The summed E-state index contributed by atoms with van der Waals surface area (Å²) in [6, 6.07) is 6.74. The van der Waals surface area contributed by atoms with E-state index < -0.39 is 17.6 Å². The van der Waals surface area contributed by atoms with Crippen LogP contribution in [0, 0.1) is 0 Å². The molecule has 0 unspecified atom stereocenters. The number of alkyl halides is 3. The average molecular weight is 490 g/mol. The predicted molar refractivity (Wildman–Crippen MR) is 111 cm³/mol. The zero-order valence-corrected chi connectivity index (χ0v) is 18.0. The van der Waals surface area contributed by atoms with Gasteiger partial charge in [0.1, 0.15) is 0 Å². The molecule has 1 saturated heterocycles. The number of thiophene rings is 1. The van der Waals surface area contributed by atoms with Crippen LogP contribution in [0.2, 0.25) is 0 Å². The second-order valence-electron chi connectivity index (χ2n) is 6.74. The van der Waals surface area contributed by atoms with E-state index in [0.29, 0.717) is 10.6 Å². The molecule has 1 aliphatic heterocycles. The number of nitrogens with zero attached hydrogens (tertiary/aromatic N) is 2. The van der Waals surface area contributed by atoms with E-state index >= 15 is 0 Å². The minimum atomic E-state index is -4.51. The van der Waals surface area contributed by atoms with E-state index in [-0.39, 0.29) is 18.1 Å². The summed E-state index contributed by atoms with van der Waals surface area (Å²) in [5, 5.41) is 2.56. The Balaban J connectivity index is 1.76. The molecule has 5 nitrogen and oxygen atoms in total. The third-order valence-electron chi connectivity index (χ3n) is 4.56. The molecule has 2 aromatic rings. The van der Waals surface area contributed by atoms with Gasteiger partial charge in [0.2, 0.25) is 5.91 Å². The Bertz CT molecular complexity index is 910. The van der Waals surface area contributed by atoms with Gasteiger partial charge in [0.05, 0.1) is 32.1 Å². The largest absolute Gasteiger partial charge is 0.416 e. The first-order valence-electron chi connectivity index (χ1n) is 8.92. The normalized spacial score (nSPS) is 14.2. The molecule has 1 N–H and O–H groups in total. The Hall–Kier alpha value is -2.07. The summed E-state index contributed by atoms with van der Waals surface area (Å²) in [5.41, 5.74) is -0.171. The fraction of sp³-hybridized carbons (Fsp3) is 0.368. The van der Waals surface area contributed by atoms with E-state index in [4.69, 9.17) is 0 Å². The summed E-state index contributed by atoms with van der Waals surface area (Å²) in [4.78, 5) is 28.5. The molecule has 29 heavy (non-hydrogen) atoms. The van der Waals surface area contributed by atoms with Gasteiger partial charge >= 0.3 is 6.18 Å². The maximum atomic E-state index is 13.1. The summed E-state index contributed by atoms with van der Waals surface area (Å²) in [7, 11) is 1.48. The lowest BCUT2D eigenvalue weighted by Gasteiger charge is -2.23. The lowest BCUT2D eigenvalue weighted by atomic mass is 10.1. The average Bonchev–Trinajstić information content (AvgIpc) is 3.32. The monoisotopic (exact) mass is 489 g/mol. The zero-order chi connectivity index (χ0) is 21.2. The third kappa shape index (κ3) is 5.30. The Morgan fingerprint density at radius 3 is 2.48 bits per heavy atom. The van der Waals surface area contributed by atoms with Crippen LogP contribution in [0.5, 0.6) is 0 Å². The molecular formula is C19H19BrF3N3O2S. The van der Waals surface area contributed by atoms with Gasteiger partial charge in [-0.05, 0) is 59.1 Å². The van der Waals surface area contributed by atoms with E-state index in [0.717, 1.165) is 41.9 Å². The third-order valence-corrected chi connectivity index (χ3v) is 6.17. The van der Waals surface area contributed by atoms with Crippen molar-refractivity contribution >= 4 is 50.5 Å². The quantitative estimate of drug-likeness (QED) is 0.653. The topological polar surface area (TPSA) is 52.7 Å². The molecule has 0 bridgehead atoms. The fourth-order valence-corrected chi connectivity index (χ4v) is 4.52. The molecule has 1 aromatic heterocycles. The number of carbonyl (C=O) groups is 2. The fourth-order valence-electron chi connectivity index (χ4n) is 3.14. The van der Waals surface area contributed by atoms with Gasteiger partial charge in [-0.25, -0.2) is 0 Å². The van der Waals surface area contributed by atoms with Crippen molar-refractivity contribution in [3.8, 4) is 0 Å². The van der Waals surface area contributed by atoms with Crippen molar-refractivity contribution in [3.63, 3.8) is 0 Å². The first kappa shape index (κ1) is 21.6. The molecule has 2 amide bonds. The van der Waals surface area contributed by atoms with Crippen LogP contribution in [-0.4, -0.2) is 43.4 Å². The van der Waals surface area contributed by atoms with Gasteiger partial charge in [-0.3, -0.25) is 9.59 Å². The molecule has 0 aliphatic carbocycles. The second-order valence-corrected chi connectivity index (χ2v) is 9.20. The van der Waals surface area contributed by atoms with Gasteiger partial charge in [0.15, 0.2) is 0 Å². The Morgan fingerprint density at radius 1 is 1.21 bits per heavy atom. The van der Waals surface area contributed by atoms with Crippen molar-refractivity contribution in [2.45, 2.75) is 19.0 Å². The van der Waals surface area contributed by atoms with E-state index in [1.807, 2.05) is 4.90 Å². The van der Waals surface area contributed by atoms with Gasteiger partial charge in [-0.1, -0.05) is 0 Å². The highest BCUT2D eigenvalue weighted by Gasteiger charge is 2.32. The lowest BCUT2D eigenvalue weighted by Crippen LogP contribution is -2.35. The molecule has 1 aromatic carbocycles. The van der Waals surface area contributed by atoms with E-state index in [2.05, 4.69) is 21.2 Å². The minimum absolute atomic E-state index is 0.103. The molecule has 10 heteroatoms. The van der Waals surface area contributed by atoms with Crippen LogP contribution in [0.3, 0.4) is 0 Å². The number of benzene rings is 1. The molecule has 0 saturated carbocycles. The first-order chi connectivity index (χ1) is 13.6. The Kier molecular flexibility index (Phi) is 6.52. The van der Waals surface area contributed by atoms with Crippen molar-refractivity contribution < 1.29 is 22.8 Å². The SMILES string of the molecule is CN(CC(=O)Nc1cc(C(F)(F)F)ccc1N1CCCC1)C(=O)c1ccc(Br)s1. The number of anilines is 2.